The number of anilines is 2. The molecule has 22 heavy (non-hydrogen) atoms. The van der Waals surface area contributed by atoms with Crippen molar-refractivity contribution < 1.29 is 4.79 Å². The Hall–Kier alpha value is -1.89. The number of carbonyl (C=O) groups excluding carboxylic acids is 1. The predicted molar refractivity (Wildman–Crippen MR) is 91.0 cm³/mol. The molecule has 0 aliphatic rings. The third-order valence-electron chi connectivity index (χ3n) is 2.93. The summed E-state index contributed by atoms with van der Waals surface area (Å²) >= 11 is 12.9. The van der Waals surface area contributed by atoms with Crippen molar-refractivity contribution in [2.75, 3.05) is 17.2 Å². The Morgan fingerprint density at radius 2 is 2.00 bits per heavy atom. The average Bonchev–Trinajstić information content (AvgIpc) is 2.98. The van der Waals surface area contributed by atoms with Gasteiger partial charge in [0.1, 0.15) is 11.0 Å². The fraction of sp³-hybridized carbons (Fsp3) is 0.0714. The van der Waals surface area contributed by atoms with Crippen LogP contribution in [-0.2, 0) is 4.79 Å². The van der Waals surface area contributed by atoms with Gasteiger partial charge < -0.3 is 10.6 Å². The Balaban J connectivity index is 1.65. The minimum absolute atomic E-state index is 0.103. The molecule has 1 heterocycles. The van der Waals surface area contributed by atoms with Crippen molar-refractivity contribution in [2.45, 2.75) is 0 Å². The van der Waals surface area contributed by atoms with E-state index in [0.717, 1.165) is 22.9 Å². The molecule has 0 unspecified atom stereocenters. The molecule has 0 saturated carbocycles. The molecule has 0 spiro atoms. The first-order valence-corrected chi connectivity index (χ1v) is 7.82. The molecule has 0 bridgehead atoms. The summed E-state index contributed by atoms with van der Waals surface area (Å²) < 4.78 is 8.31. The summed E-state index contributed by atoms with van der Waals surface area (Å²) in [6.45, 7) is 0.103. The third kappa shape index (κ3) is 3.30. The molecule has 2 N–H and O–H groups in total. The molecule has 1 amide bonds. The Bertz CT molecular complexity index is 837. The lowest BCUT2D eigenvalue weighted by Crippen LogP contribution is -2.21. The Morgan fingerprint density at radius 1 is 1.14 bits per heavy atom. The second-order valence-electron chi connectivity index (χ2n) is 4.47. The van der Waals surface area contributed by atoms with Gasteiger partial charge in [-0.25, -0.2) is 0 Å². The summed E-state index contributed by atoms with van der Waals surface area (Å²) in [5, 5.41) is 6.70. The number of nitrogens with zero attached hydrogens (tertiary/aromatic N) is 2. The van der Waals surface area contributed by atoms with Crippen LogP contribution < -0.4 is 10.6 Å². The fourth-order valence-electron chi connectivity index (χ4n) is 1.89. The number of carbonyl (C=O) groups is 1. The summed E-state index contributed by atoms with van der Waals surface area (Å²) in [5.74, 6) is -0.188. The van der Waals surface area contributed by atoms with Gasteiger partial charge in [0.05, 0.1) is 34.0 Å². The molecular formula is C14H10Cl2N4OS. The van der Waals surface area contributed by atoms with Crippen LogP contribution in [0.3, 0.4) is 0 Å². The largest absolute Gasteiger partial charge is 0.376 e. The number of aromatic nitrogens is 2. The minimum Gasteiger partial charge on any atom is -0.376 e. The molecule has 8 heteroatoms. The van der Waals surface area contributed by atoms with Gasteiger partial charge >= 0.3 is 0 Å². The van der Waals surface area contributed by atoms with Crippen LogP contribution in [0.2, 0.25) is 10.0 Å². The highest BCUT2D eigenvalue weighted by atomic mass is 35.5. The molecule has 0 radical (unpaired) electrons. The Kier molecular flexibility index (Phi) is 4.42. The van der Waals surface area contributed by atoms with Crippen LogP contribution in [-0.4, -0.2) is 21.2 Å². The van der Waals surface area contributed by atoms with E-state index < -0.39 is 0 Å². The van der Waals surface area contributed by atoms with E-state index in [2.05, 4.69) is 19.4 Å². The maximum absolute atomic E-state index is 12.0. The maximum Gasteiger partial charge on any atom is 0.243 e. The molecule has 2 aromatic carbocycles. The zero-order valence-corrected chi connectivity index (χ0v) is 13.5. The number of benzene rings is 2. The first-order valence-electron chi connectivity index (χ1n) is 6.33. The lowest BCUT2D eigenvalue weighted by molar-refractivity contribution is -0.114. The smallest absolute Gasteiger partial charge is 0.243 e. The predicted octanol–water partition coefficient (Wildman–Crippen LogP) is 4.05. The van der Waals surface area contributed by atoms with Gasteiger partial charge in [-0.1, -0.05) is 29.3 Å². The van der Waals surface area contributed by atoms with Crippen molar-refractivity contribution in [1.29, 1.82) is 0 Å². The molecule has 3 rings (SSSR count). The van der Waals surface area contributed by atoms with Crippen molar-refractivity contribution in [2.24, 2.45) is 0 Å². The Labute approximate surface area is 140 Å². The SMILES string of the molecule is O=C(CNc1ccc(Cl)c(Cl)c1)Nc1cccc2nsnc12. The molecule has 0 aliphatic heterocycles. The van der Waals surface area contributed by atoms with E-state index in [1.54, 1.807) is 24.3 Å². The van der Waals surface area contributed by atoms with Crippen molar-refractivity contribution >= 4 is 63.2 Å². The fourth-order valence-corrected chi connectivity index (χ4v) is 2.74. The molecular weight excluding hydrogens is 343 g/mol. The van der Waals surface area contributed by atoms with E-state index in [1.165, 1.54) is 0 Å². The summed E-state index contributed by atoms with van der Waals surface area (Å²) in [7, 11) is 0. The van der Waals surface area contributed by atoms with Crippen LogP contribution in [0.4, 0.5) is 11.4 Å². The normalized spacial score (nSPS) is 10.6. The topological polar surface area (TPSA) is 66.9 Å². The number of nitrogens with one attached hydrogen (secondary N) is 2. The van der Waals surface area contributed by atoms with Gasteiger partial charge in [-0.3, -0.25) is 4.79 Å². The number of halogens is 2. The summed E-state index contributed by atoms with van der Waals surface area (Å²) in [6.07, 6.45) is 0. The van der Waals surface area contributed by atoms with Crippen LogP contribution in [0.15, 0.2) is 36.4 Å². The zero-order chi connectivity index (χ0) is 15.5. The number of rotatable bonds is 4. The molecule has 0 fully saturated rings. The lowest BCUT2D eigenvalue weighted by atomic mass is 10.2. The Morgan fingerprint density at radius 3 is 2.82 bits per heavy atom. The van der Waals surface area contributed by atoms with Crippen LogP contribution in [0.1, 0.15) is 0 Å². The van der Waals surface area contributed by atoms with E-state index in [0.29, 0.717) is 21.2 Å². The molecule has 3 aromatic rings. The van der Waals surface area contributed by atoms with Crippen molar-refractivity contribution in [1.82, 2.24) is 8.75 Å². The monoisotopic (exact) mass is 352 g/mol. The van der Waals surface area contributed by atoms with Gasteiger partial charge in [-0.15, -0.1) is 0 Å². The highest BCUT2D eigenvalue weighted by Crippen LogP contribution is 2.25. The lowest BCUT2D eigenvalue weighted by Gasteiger charge is -2.08. The second kappa shape index (κ2) is 6.48. The van der Waals surface area contributed by atoms with E-state index in [4.69, 9.17) is 23.2 Å². The standard InChI is InChI=1S/C14H10Cl2N4OS/c15-9-5-4-8(6-10(9)16)17-7-13(21)18-11-2-1-3-12-14(11)20-22-19-12/h1-6,17H,7H2,(H,18,21). The molecule has 0 atom stereocenters. The van der Waals surface area contributed by atoms with E-state index in [-0.39, 0.29) is 12.5 Å². The van der Waals surface area contributed by atoms with Crippen LogP contribution in [0, 0.1) is 0 Å². The number of hydrogen-bond donors (Lipinski definition) is 2. The van der Waals surface area contributed by atoms with Gasteiger partial charge in [0.15, 0.2) is 0 Å². The van der Waals surface area contributed by atoms with Gasteiger partial charge in [0.2, 0.25) is 5.91 Å². The van der Waals surface area contributed by atoms with Gasteiger partial charge in [0, 0.05) is 5.69 Å². The van der Waals surface area contributed by atoms with E-state index >= 15 is 0 Å². The van der Waals surface area contributed by atoms with E-state index in [9.17, 15) is 4.79 Å². The summed E-state index contributed by atoms with van der Waals surface area (Å²) in [5.41, 5.74) is 2.82. The molecule has 0 saturated heterocycles. The minimum atomic E-state index is -0.188. The number of fused-ring (bicyclic) bond motifs is 1. The van der Waals surface area contributed by atoms with Crippen LogP contribution in [0.25, 0.3) is 11.0 Å². The zero-order valence-electron chi connectivity index (χ0n) is 11.1. The quantitative estimate of drug-likeness (QED) is 0.743. The third-order valence-corrected chi connectivity index (χ3v) is 4.21. The summed E-state index contributed by atoms with van der Waals surface area (Å²) in [4.78, 5) is 12.0. The molecule has 112 valence electrons. The summed E-state index contributed by atoms with van der Waals surface area (Å²) in [6, 6.07) is 10.6. The van der Waals surface area contributed by atoms with Crippen molar-refractivity contribution in [3.63, 3.8) is 0 Å². The maximum atomic E-state index is 12.0. The second-order valence-corrected chi connectivity index (χ2v) is 5.81. The van der Waals surface area contributed by atoms with Gasteiger partial charge in [-0.05, 0) is 30.3 Å². The van der Waals surface area contributed by atoms with Gasteiger partial charge in [0.25, 0.3) is 0 Å². The number of amides is 1. The van der Waals surface area contributed by atoms with Crippen LogP contribution in [0.5, 0.6) is 0 Å². The first-order chi connectivity index (χ1) is 10.6. The molecule has 1 aromatic heterocycles. The van der Waals surface area contributed by atoms with Crippen molar-refractivity contribution in [3.05, 3.63) is 46.4 Å². The van der Waals surface area contributed by atoms with Crippen molar-refractivity contribution in [3.8, 4) is 0 Å². The highest BCUT2D eigenvalue weighted by Gasteiger charge is 2.08. The average molecular weight is 353 g/mol. The molecule has 0 aliphatic carbocycles. The van der Waals surface area contributed by atoms with Gasteiger partial charge in [-0.2, -0.15) is 8.75 Å². The van der Waals surface area contributed by atoms with Crippen LogP contribution >= 0.6 is 34.9 Å². The van der Waals surface area contributed by atoms with E-state index in [1.807, 2.05) is 12.1 Å². The first kappa shape index (κ1) is 15.0. The highest BCUT2D eigenvalue weighted by molar-refractivity contribution is 7.00. The molecule has 5 nitrogen and oxygen atoms in total. The number of hydrogen-bond acceptors (Lipinski definition) is 5.